The van der Waals surface area contributed by atoms with Crippen molar-refractivity contribution in [2.24, 2.45) is 5.73 Å². The molecule has 212 valence electrons. The summed E-state index contributed by atoms with van der Waals surface area (Å²) >= 11 is 1.01. The molecule has 1 atom stereocenters. The number of fused-ring (bicyclic) bond motifs is 1. The summed E-state index contributed by atoms with van der Waals surface area (Å²) in [5, 5.41) is 5.14. The number of benzene rings is 3. The summed E-state index contributed by atoms with van der Waals surface area (Å²) in [5.41, 5.74) is 8.48. The average Bonchev–Trinajstić information content (AvgIpc) is 3.38. The summed E-state index contributed by atoms with van der Waals surface area (Å²) in [6.07, 6.45) is -5.09. The lowest BCUT2D eigenvalue weighted by Crippen LogP contribution is -2.38. The predicted octanol–water partition coefficient (Wildman–Crippen LogP) is 4.08. The normalized spacial score (nSPS) is 12.0. The van der Waals surface area contributed by atoms with E-state index in [-0.39, 0.29) is 23.9 Å². The summed E-state index contributed by atoms with van der Waals surface area (Å²) in [5.74, 6) is -4.52. The maximum Gasteiger partial charge on any atom is 0.490 e. The highest BCUT2D eigenvalue weighted by Crippen LogP contribution is 2.29. The van der Waals surface area contributed by atoms with E-state index in [1.54, 1.807) is 42.5 Å². The van der Waals surface area contributed by atoms with Gasteiger partial charge in [-0.3, -0.25) is 14.4 Å². The number of hydrogen-bond donors (Lipinski definition) is 3. The van der Waals surface area contributed by atoms with Gasteiger partial charge in [0.2, 0.25) is 11.7 Å². The number of aromatic nitrogens is 1. The molecule has 0 aliphatic heterocycles. The van der Waals surface area contributed by atoms with Crippen molar-refractivity contribution in [1.82, 2.24) is 10.3 Å². The minimum atomic E-state index is -5.27. The molecule has 0 fully saturated rings. The Morgan fingerprint density at radius 1 is 0.927 bits per heavy atom. The molecule has 0 aliphatic carbocycles. The van der Waals surface area contributed by atoms with Gasteiger partial charge in [-0.05, 0) is 34.9 Å². The Labute approximate surface area is 235 Å². The van der Waals surface area contributed by atoms with E-state index >= 15 is 0 Å². The van der Waals surface area contributed by atoms with Crippen molar-refractivity contribution >= 4 is 50.8 Å². The van der Waals surface area contributed by atoms with E-state index in [4.69, 9.17) is 5.73 Å². The molecule has 0 spiro atoms. The molecule has 1 aromatic heterocycles. The SMILES string of the molecule is NCc1ccc(C(NC(=O)COC(=O)C(F)(F)F)C(=O)c2nc3ccc(NC(=O)Cc4ccccc4)cc3s2)cc1. The lowest BCUT2D eigenvalue weighted by Gasteiger charge is -2.17. The third-order valence-corrected chi connectivity index (χ3v) is 6.81. The molecular weight excluding hydrogens is 561 g/mol. The van der Waals surface area contributed by atoms with Gasteiger partial charge in [-0.2, -0.15) is 13.2 Å². The highest BCUT2D eigenvalue weighted by atomic mass is 32.1. The van der Waals surface area contributed by atoms with Crippen LogP contribution in [0.15, 0.2) is 72.8 Å². The largest absolute Gasteiger partial charge is 0.490 e. The first kappa shape index (κ1) is 29.4. The fourth-order valence-electron chi connectivity index (χ4n) is 3.78. The zero-order valence-corrected chi connectivity index (χ0v) is 22.1. The lowest BCUT2D eigenvalue weighted by atomic mass is 10.0. The van der Waals surface area contributed by atoms with E-state index < -0.39 is 36.5 Å². The molecule has 4 aromatic rings. The molecule has 0 aliphatic rings. The molecule has 1 unspecified atom stereocenters. The van der Waals surface area contributed by atoms with Crippen LogP contribution < -0.4 is 16.4 Å². The number of anilines is 1. The summed E-state index contributed by atoms with van der Waals surface area (Å²) < 4.78 is 41.9. The summed E-state index contributed by atoms with van der Waals surface area (Å²) in [6, 6.07) is 19.1. The molecule has 9 nitrogen and oxygen atoms in total. The van der Waals surface area contributed by atoms with Gasteiger partial charge in [-0.15, -0.1) is 11.3 Å². The molecule has 1 heterocycles. The van der Waals surface area contributed by atoms with Gasteiger partial charge in [0.05, 0.1) is 16.6 Å². The Morgan fingerprint density at radius 3 is 2.29 bits per heavy atom. The minimum absolute atomic E-state index is 0.00764. The molecule has 4 rings (SSSR count). The molecular formula is C28H23F3N4O5S. The molecule has 3 aromatic carbocycles. The molecule has 0 saturated carbocycles. The number of ether oxygens (including phenoxy) is 1. The molecule has 0 radical (unpaired) electrons. The van der Waals surface area contributed by atoms with Crippen LogP contribution in [-0.4, -0.2) is 41.3 Å². The van der Waals surface area contributed by atoms with Gasteiger partial charge in [0.1, 0.15) is 6.04 Å². The number of thiazole rings is 1. The second-order valence-corrected chi connectivity index (χ2v) is 9.83. The van der Waals surface area contributed by atoms with Crippen LogP contribution in [0, 0.1) is 0 Å². The summed E-state index contributed by atoms with van der Waals surface area (Å²) in [7, 11) is 0. The van der Waals surface area contributed by atoms with E-state index in [1.807, 2.05) is 30.3 Å². The van der Waals surface area contributed by atoms with Crippen LogP contribution in [0.1, 0.15) is 32.5 Å². The van der Waals surface area contributed by atoms with Gasteiger partial charge < -0.3 is 21.1 Å². The molecule has 0 bridgehead atoms. The van der Waals surface area contributed by atoms with Crippen molar-refractivity contribution in [2.45, 2.75) is 25.2 Å². The number of nitrogens with two attached hydrogens (primary N) is 1. The first-order chi connectivity index (χ1) is 19.5. The van der Waals surface area contributed by atoms with Crippen LogP contribution in [-0.2, 0) is 32.1 Å². The maximum atomic E-state index is 13.5. The Bertz CT molecular complexity index is 1570. The molecule has 41 heavy (non-hydrogen) atoms. The Hall–Kier alpha value is -4.62. The number of nitrogens with one attached hydrogen (secondary N) is 2. The van der Waals surface area contributed by atoms with Crippen molar-refractivity contribution in [1.29, 1.82) is 0 Å². The first-order valence-electron chi connectivity index (χ1n) is 12.1. The number of carbonyl (C=O) groups excluding carboxylic acids is 4. The Kier molecular flexibility index (Phi) is 9.10. The third-order valence-electron chi connectivity index (χ3n) is 5.77. The van der Waals surface area contributed by atoms with Crippen molar-refractivity contribution in [3.05, 3.63) is 94.5 Å². The van der Waals surface area contributed by atoms with Crippen LogP contribution in [0.25, 0.3) is 10.2 Å². The van der Waals surface area contributed by atoms with Crippen LogP contribution in [0.2, 0.25) is 0 Å². The third kappa shape index (κ3) is 7.74. The van der Waals surface area contributed by atoms with Crippen LogP contribution in [0.3, 0.4) is 0 Å². The predicted molar refractivity (Wildman–Crippen MR) is 145 cm³/mol. The van der Waals surface area contributed by atoms with E-state index in [9.17, 15) is 32.3 Å². The highest BCUT2D eigenvalue weighted by molar-refractivity contribution is 7.20. The Morgan fingerprint density at radius 2 is 1.63 bits per heavy atom. The topological polar surface area (TPSA) is 140 Å². The van der Waals surface area contributed by atoms with Gasteiger partial charge in [-0.25, -0.2) is 9.78 Å². The van der Waals surface area contributed by atoms with Crippen LogP contribution >= 0.6 is 11.3 Å². The lowest BCUT2D eigenvalue weighted by molar-refractivity contribution is -0.200. The highest BCUT2D eigenvalue weighted by Gasteiger charge is 2.41. The number of carbonyl (C=O) groups is 4. The van der Waals surface area contributed by atoms with E-state index in [1.165, 1.54) is 0 Å². The fraction of sp³-hybridized carbons (Fsp3) is 0.179. The Balaban J connectivity index is 1.53. The number of rotatable bonds is 10. The van der Waals surface area contributed by atoms with Crippen LogP contribution in [0.4, 0.5) is 18.9 Å². The van der Waals surface area contributed by atoms with E-state index in [2.05, 4.69) is 20.4 Å². The number of ketones is 1. The smallest absolute Gasteiger partial charge is 0.449 e. The zero-order chi connectivity index (χ0) is 29.6. The zero-order valence-electron chi connectivity index (χ0n) is 21.2. The monoisotopic (exact) mass is 584 g/mol. The number of Topliss-reactive ketones (excluding diaryl/α,β-unsaturated/α-hetero) is 1. The minimum Gasteiger partial charge on any atom is -0.449 e. The number of alkyl halides is 3. The quantitative estimate of drug-likeness (QED) is 0.188. The summed E-state index contributed by atoms with van der Waals surface area (Å²) in [4.78, 5) is 53.7. The van der Waals surface area contributed by atoms with Gasteiger partial charge in [0.25, 0.3) is 5.91 Å². The maximum absolute atomic E-state index is 13.5. The molecule has 2 amide bonds. The number of halogens is 3. The molecule has 4 N–H and O–H groups in total. The van der Waals surface area contributed by atoms with Gasteiger partial charge in [0, 0.05) is 12.2 Å². The number of esters is 1. The molecule has 0 saturated heterocycles. The number of nitrogens with zero attached hydrogens (tertiary/aromatic N) is 1. The second kappa shape index (κ2) is 12.7. The van der Waals surface area contributed by atoms with Crippen molar-refractivity contribution in [3.63, 3.8) is 0 Å². The average molecular weight is 585 g/mol. The van der Waals surface area contributed by atoms with Crippen molar-refractivity contribution in [3.8, 4) is 0 Å². The van der Waals surface area contributed by atoms with Crippen molar-refractivity contribution in [2.75, 3.05) is 11.9 Å². The second-order valence-electron chi connectivity index (χ2n) is 8.80. The van der Waals surface area contributed by atoms with Gasteiger partial charge in [-0.1, -0.05) is 54.6 Å². The number of amides is 2. The number of hydrogen-bond acceptors (Lipinski definition) is 8. The van der Waals surface area contributed by atoms with E-state index in [0.717, 1.165) is 22.5 Å². The van der Waals surface area contributed by atoms with Gasteiger partial charge >= 0.3 is 12.1 Å². The van der Waals surface area contributed by atoms with Gasteiger partial charge in [0.15, 0.2) is 11.6 Å². The first-order valence-corrected chi connectivity index (χ1v) is 13.0. The standard InChI is InChI=1S/C28H23F3N4O5S/c29-28(30,31)27(39)40-15-23(37)35-24(18-8-6-17(14-32)7-9-18)25(38)26-34-20-11-10-19(13-21(20)41-26)33-22(36)12-16-4-2-1-3-5-16/h1-11,13,24H,12,14-15,32H2,(H,33,36)(H,35,37). The van der Waals surface area contributed by atoms with E-state index in [0.29, 0.717) is 21.5 Å². The van der Waals surface area contributed by atoms with Crippen molar-refractivity contribution < 1.29 is 37.1 Å². The summed E-state index contributed by atoms with van der Waals surface area (Å²) in [6.45, 7) is -1.02. The van der Waals surface area contributed by atoms with Crippen LogP contribution in [0.5, 0.6) is 0 Å². The molecule has 13 heteroatoms. The fourth-order valence-corrected chi connectivity index (χ4v) is 4.75.